The van der Waals surface area contributed by atoms with Gasteiger partial charge >= 0.3 is 0 Å². The summed E-state index contributed by atoms with van der Waals surface area (Å²) in [5.74, 6) is 0.0419. The van der Waals surface area contributed by atoms with Crippen LogP contribution in [0.3, 0.4) is 0 Å². The second kappa shape index (κ2) is 7.33. The fraction of sp³-hybridized carbons (Fsp3) is 0.524. The number of carbonyl (C=O) groups excluding carboxylic acids is 1. The monoisotopic (exact) mass is 355 g/mol. The number of aromatic nitrogens is 1. The van der Waals surface area contributed by atoms with E-state index in [2.05, 4.69) is 4.98 Å². The van der Waals surface area contributed by atoms with Gasteiger partial charge in [-0.15, -0.1) is 0 Å². The minimum absolute atomic E-state index is 0.0419. The molecule has 1 N–H and O–H groups in total. The van der Waals surface area contributed by atoms with Crippen LogP contribution in [0.25, 0.3) is 10.9 Å². The molecule has 26 heavy (non-hydrogen) atoms. The lowest BCUT2D eigenvalue weighted by Gasteiger charge is -2.30. The molecule has 1 fully saturated rings. The molecule has 1 aliphatic rings. The Hall–Kier alpha value is -1.98. The van der Waals surface area contributed by atoms with Crippen molar-refractivity contribution in [2.75, 3.05) is 33.7 Å². The minimum Gasteiger partial charge on any atom is -0.388 e. The van der Waals surface area contributed by atoms with E-state index in [0.29, 0.717) is 31.6 Å². The van der Waals surface area contributed by atoms with Crippen LogP contribution in [0.1, 0.15) is 40.9 Å². The van der Waals surface area contributed by atoms with E-state index in [0.717, 1.165) is 35.0 Å². The molecule has 3 rings (SSSR count). The second-order valence-electron chi connectivity index (χ2n) is 7.94. The Morgan fingerprint density at radius 2 is 2.00 bits per heavy atom. The first-order valence-electron chi connectivity index (χ1n) is 9.32. The molecule has 0 saturated carbocycles. The third-order valence-electron chi connectivity index (χ3n) is 5.14. The summed E-state index contributed by atoms with van der Waals surface area (Å²) in [5, 5.41) is 11.8. The van der Waals surface area contributed by atoms with E-state index in [1.165, 1.54) is 0 Å². The van der Waals surface area contributed by atoms with Gasteiger partial charge in [0, 0.05) is 30.7 Å². The van der Waals surface area contributed by atoms with E-state index in [4.69, 9.17) is 0 Å². The number of fused-ring (bicyclic) bond motifs is 1. The molecule has 2 aromatic rings. The molecule has 0 unspecified atom stereocenters. The zero-order chi connectivity index (χ0) is 18.9. The van der Waals surface area contributed by atoms with Crippen LogP contribution in [0, 0.1) is 13.8 Å². The van der Waals surface area contributed by atoms with Gasteiger partial charge in [-0.25, -0.2) is 0 Å². The van der Waals surface area contributed by atoms with E-state index in [-0.39, 0.29) is 5.91 Å². The minimum atomic E-state index is -0.717. The molecular formula is C21H29N3O2. The molecule has 140 valence electrons. The first kappa shape index (κ1) is 18.8. The van der Waals surface area contributed by atoms with E-state index in [9.17, 15) is 9.90 Å². The number of nitrogens with zero attached hydrogens (tertiary/aromatic N) is 3. The number of pyridine rings is 1. The van der Waals surface area contributed by atoms with Gasteiger partial charge in [0.25, 0.3) is 5.91 Å². The van der Waals surface area contributed by atoms with Gasteiger partial charge < -0.3 is 14.9 Å². The van der Waals surface area contributed by atoms with E-state index < -0.39 is 5.60 Å². The van der Waals surface area contributed by atoms with Gasteiger partial charge in [-0.2, -0.15) is 0 Å². The number of likely N-dealkylation sites (N-methyl/N-ethyl adjacent to an activating group) is 1. The molecule has 1 aromatic carbocycles. The van der Waals surface area contributed by atoms with Crippen molar-refractivity contribution in [3.05, 3.63) is 41.1 Å². The number of rotatable bonds is 3. The van der Waals surface area contributed by atoms with Crippen molar-refractivity contribution in [1.29, 1.82) is 0 Å². The molecule has 1 atom stereocenters. The van der Waals surface area contributed by atoms with Crippen LogP contribution >= 0.6 is 0 Å². The van der Waals surface area contributed by atoms with Crippen molar-refractivity contribution in [2.24, 2.45) is 0 Å². The quantitative estimate of drug-likeness (QED) is 0.920. The number of likely N-dealkylation sites (tertiary alicyclic amines) is 1. The van der Waals surface area contributed by atoms with Gasteiger partial charge in [-0.3, -0.25) is 9.78 Å². The van der Waals surface area contributed by atoms with Crippen LogP contribution in [0.15, 0.2) is 24.3 Å². The molecule has 0 spiro atoms. The number of benzene rings is 1. The maximum atomic E-state index is 13.3. The number of aryl methyl sites for hydroxylation is 2. The highest BCUT2D eigenvalue weighted by Crippen LogP contribution is 2.26. The van der Waals surface area contributed by atoms with Crippen molar-refractivity contribution in [3.63, 3.8) is 0 Å². The van der Waals surface area contributed by atoms with E-state index in [1.54, 1.807) is 0 Å². The Bertz CT molecular complexity index is 818. The molecular weight excluding hydrogens is 326 g/mol. The number of hydrogen-bond acceptors (Lipinski definition) is 4. The van der Waals surface area contributed by atoms with Crippen molar-refractivity contribution >= 4 is 16.8 Å². The molecule has 1 amide bonds. The van der Waals surface area contributed by atoms with Crippen molar-refractivity contribution in [1.82, 2.24) is 14.8 Å². The lowest BCUT2D eigenvalue weighted by atomic mass is 9.94. The van der Waals surface area contributed by atoms with E-state index in [1.807, 2.05) is 62.0 Å². The molecule has 1 saturated heterocycles. The van der Waals surface area contributed by atoms with Crippen LogP contribution in [0.4, 0.5) is 0 Å². The summed E-state index contributed by atoms with van der Waals surface area (Å²) in [6.07, 6.45) is 2.15. The van der Waals surface area contributed by atoms with Crippen LogP contribution < -0.4 is 0 Å². The zero-order valence-electron chi connectivity index (χ0n) is 16.2. The number of amides is 1. The van der Waals surface area contributed by atoms with Gasteiger partial charge in [0.15, 0.2) is 0 Å². The lowest BCUT2D eigenvalue weighted by molar-refractivity contribution is 0.00305. The van der Waals surface area contributed by atoms with Crippen LogP contribution in [-0.2, 0) is 0 Å². The number of hydrogen-bond donors (Lipinski definition) is 1. The van der Waals surface area contributed by atoms with Gasteiger partial charge in [0.2, 0.25) is 0 Å². The Morgan fingerprint density at radius 3 is 2.73 bits per heavy atom. The molecule has 1 aliphatic heterocycles. The normalized spacial score (nSPS) is 21.2. The van der Waals surface area contributed by atoms with Crippen LogP contribution in [-0.4, -0.2) is 65.1 Å². The average Bonchev–Trinajstić information content (AvgIpc) is 2.75. The van der Waals surface area contributed by atoms with Gasteiger partial charge in [0.05, 0.1) is 16.7 Å². The fourth-order valence-corrected chi connectivity index (χ4v) is 3.95. The zero-order valence-corrected chi connectivity index (χ0v) is 16.2. The summed E-state index contributed by atoms with van der Waals surface area (Å²) >= 11 is 0. The Morgan fingerprint density at radius 1 is 1.23 bits per heavy atom. The smallest absolute Gasteiger partial charge is 0.254 e. The molecule has 1 aromatic heterocycles. The fourth-order valence-electron chi connectivity index (χ4n) is 3.95. The predicted molar refractivity (Wildman–Crippen MR) is 104 cm³/mol. The SMILES string of the molecule is Cc1ccc2nc(C)cc(C(=O)N3CCC[C@@](O)(CN(C)C)CC3)c2c1. The molecule has 5 nitrogen and oxygen atoms in total. The van der Waals surface area contributed by atoms with Crippen LogP contribution in [0.5, 0.6) is 0 Å². The largest absolute Gasteiger partial charge is 0.388 e. The number of carbonyl (C=O) groups is 1. The van der Waals surface area contributed by atoms with E-state index >= 15 is 0 Å². The first-order valence-corrected chi connectivity index (χ1v) is 9.32. The summed E-state index contributed by atoms with van der Waals surface area (Å²) < 4.78 is 0. The highest BCUT2D eigenvalue weighted by Gasteiger charge is 2.32. The highest BCUT2D eigenvalue weighted by molar-refractivity contribution is 6.06. The topological polar surface area (TPSA) is 56.7 Å². The third-order valence-corrected chi connectivity index (χ3v) is 5.14. The molecule has 0 radical (unpaired) electrons. The predicted octanol–water partition coefficient (Wildman–Crippen LogP) is 2.77. The second-order valence-corrected chi connectivity index (χ2v) is 7.94. The van der Waals surface area contributed by atoms with Crippen molar-refractivity contribution in [3.8, 4) is 0 Å². The third kappa shape index (κ3) is 4.05. The van der Waals surface area contributed by atoms with Gasteiger partial charge in [-0.05, 0) is 65.4 Å². The summed E-state index contributed by atoms with van der Waals surface area (Å²) in [5.41, 5.74) is 2.83. The maximum Gasteiger partial charge on any atom is 0.254 e. The highest BCUT2D eigenvalue weighted by atomic mass is 16.3. The Balaban J connectivity index is 1.88. The molecule has 0 bridgehead atoms. The van der Waals surface area contributed by atoms with Crippen LogP contribution in [0.2, 0.25) is 0 Å². The van der Waals surface area contributed by atoms with Gasteiger partial charge in [0.1, 0.15) is 0 Å². The Labute approximate surface area is 155 Å². The Kier molecular flexibility index (Phi) is 5.30. The van der Waals surface area contributed by atoms with Gasteiger partial charge in [-0.1, -0.05) is 11.6 Å². The summed E-state index contributed by atoms with van der Waals surface area (Å²) in [6.45, 7) is 5.85. The summed E-state index contributed by atoms with van der Waals surface area (Å²) in [6, 6.07) is 7.93. The average molecular weight is 355 g/mol. The number of aliphatic hydroxyl groups is 1. The van der Waals surface area contributed by atoms with Crippen molar-refractivity contribution in [2.45, 2.75) is 38.7 Å². The molecule has 5 heteroatoms. The summed E-state index contributed by atoms with van der Waals surface area (Å²) in [4.78, 5) is 21.7. The van der Waals surface area contributed by atoms with Crippen molar-refractivity contribution < 1.29 is 9.90 Å². The lowest BCUT2D eigenvalue weighted by Crippen LogP contribution is -2.41. The standard InChI is InChI=1S/C21H29N3O2/c1-15-6-7-19-17(12-15)18(13-16(2)22-19)20(25)24-10-5-8-21(26,9-11-24)14-23(3)4/h6-7,12-13,26H,5,8-11,14H2,1-4H3/t21-/m0/s1. The summed E-state index contributed by atoms with van der Waals surface area (Å²) in [7, 11) is 3.94. The first-order chi connectivity index (χ1) is 12.3. The molecule has 2 heterocycles. The maximum absolute atomic E-state index is 13.3. The molecule has 0 aliphatic carbocycles.